The van der Waals surface area contributed by atoms with Crippen LogP contribution in [0.25, 0.3) is 0 Å². The Hall–Kier alpha value is -1.38. The molecule has 0 aliphatic carbocycles. The summed E-state index contributed by atoms with van der Waals surface area (Å²) in [6, 6.07) is 0. The predicted molar refractivity (Wildman–Crippen MR) is 73.7 cm³/mol. The van der Waals surface area contributed by atoms with E-state index in [2.05, 4.69) is 4.99 Å². The molecule has 0 unspecified atom stereocenters. The van der Waals surface area contributed by atoms with Crippen molar-refractivity contribution in [1.82, 2.24) is 0 Å². The molecule has 1 heterocycles. The zero-order valence-electron chi connectivity index (χ0n) is 10.9. The average Bonchev–Trinajstić information content (AvgIpc) is 2.72. The van der Waals surface area contributed by atoms with Crippen LogP contribution in [0.1, 0.15) is 19.8 Å². The molecule has 4 N–H and O–H groups in total. The van der Waals surface area contributed by atoms with Crippen LogP contribution in [-0.4, -0.2) is 56.2 Å². The third kappa shape index (κ3) is 4.06. The average molecular weight is 303 g/mol. The van der Waals surface area contributed by atoms with Crippen LogP contribution in [0.4, 0.5) is 0 Å². The number of unbranched alkanes of at least 4 members (excludes halogenated alkanes) is 1. The number of carboxylic acids is 2. The number of aliphatic imine (C=N–C) groups is 1. The molecule has 1 aliphatic heterocycles. The summed E-state index contributed by atoms with van der Waals surface area (Å²) >= 11 is 1.02. The maximum Gasteiger partial charge on any atom is 0.355 e. The highest BCUT2D eigenvalue weighted by atomic mass is 32.2. The maximum absolute atomic E-state index is 11.1. The van der Waals surface area contributed by atoms with Gasteiger partial charge >= 0.3 is 11.9 Å². The van der Waals surface area contributed by atoms with E-state index in [1.807, 2.05) is 0 Å². The van der Waals surface area contributed by atoms with E-state index in [1.165, 1.54) is 6.92 Å². The maximum atomic E-state index is 11.1. The molecular formula is C12H17NO6S. The first-order valence-electron chi connectivity index (χ1n) is 6.08. The standard InChI is InChI=1S/C12H17NO6S/c1-6(15)8(11(16)17)10-13-9(12(18)19)7(20-10)4-2-3-5-14/h4,6,8,10,14-15H,2-3,5H2,1H3,(H,16,17)(H,18,19)/b7-4-/t6-,8+,10-/m1/s1. The second-order valence-corrected chi connectivity index (χ2v) is 5.49. The van der Waals surface area contributed by atoms with Crippen LogP contribution in [0.2, 0.25) is 0 Å². The van der Waals surface area contributed by atoms with Crippen LogP contribution in [0.3, 0.4) is 0 Å². The van der Waals surface area contributed by atoms with E-state index in [1.54, 1.807) is 6.08 Å². The molecule has 3 atom stereocenters. The molecule has 7 nitrogen and oxygen atoms in total. The van der Waals surface area contributed by atoms with Crippen LogP contribution in [0.15, 0.2) is 16.0 Å². The number of rotatable bonds is 7. The molecule has 1 aliphatic rings. The highest BCUT2D eigenvalue weighted by Crippen LogP contribution is 2.37. The number of hydrogen-bond acceptors (Lipinski definition) is 6. The third-order valence-corrected chi connectivity index (χ3v) is 4.00. The molecule has 0 saturated carbocycles. The van der Waals surface area contributed by atoms with Crippen molar-refractivity contribution in [2.45, 2.75) is 31.2 Å². The van der Waals surface area contributed by atoms with Gasteiger partial charge in [0.05, 0.1) is 6.10 Å². The van der Waals surface area contributed by atoms with Gasteiger partial charge in [0.15, 0.2) is 5.71 Å². The van der Waals surface area contributed by atoms with Gasteiger partial charge in [-0.2, -0.15) is 0 Å². The Labute approximate surface area is 120 Å². The normalized spacial score (nSPS) is 23.4. The van der Waals surface area contributed by atoms with E-state index >= 15 is 0 Å². The lowest BCUT2D eigenvalue weighted by Crippen LogP contribution is -2.33. The molecular weight excluding hydrogens is 286 g/mol. The number of nitrogens with zero attached hydrogens (tertiary/aromatic N) is 1. The van der Waals surface area contributed by atoms with Gasteiger partial charge in [0.25, 0.3) is 0 Å². The number of aliphatic hydroxyl groups is 2. The molecule has 0 aromatic rings. The van der Waals surface area contributed by atoms with Crippen LogP contribution in [0.5, 0.6) is 0 Å². The zero-order valence-corrected chi connectivity index (χ0v) is 11.7. The highest BCUT2D eigenvalue weighted by molar-refractivity contribution is 8.05. The van der Waals surface area contributed by atoms with Crippen molar-refractivity contribution >= 4 is 29.4 Å². The zero-order chi connectivity index (χ0) is 15.3. The Morgan fingerprint density at radius 2 is 2.10 bits per heavy atom. The molecule has 0 bridgehead atoms. The molecule has 20 heavy (non-hydrogen) atoms. The lowest BCUT2D eigenvalue weighted by atomic mass is 10.0. The molecule has 0 aromatic carbocycles. The van der Waals surface area contributed by atoms with Crippen molar-refractivity contribution in [1.29, 1.82) is 0 Å². The minimum absolute atomic E-state index is 0.0111. The Morgan fingerprint density at radius 3 is 2.55 bits per heavy atom. The van der Waals surface area contributed by atoms with Crippen LogP contribution >= 0.6 is 11.8 Å². The number of aliphatic hydroxyl groups excluding tert-OH is 2. The smallest absolute Gasteiger partial charge is 0.355 e. The molecule has 0 aromatic heterocycles. The van der Waals surface area contributed by atoms with Gasteiger partial charge in [0.1, 0.15) is 11.3 Å². The summed E-state index contributed by atoms with van der Waals surface area (Å²) in [5.41, 5.74) is -0.190. The molecule has 0 radical (unpaired) electrons. The van der Waals surface area contributed by atoms with Gasteiger partial charge in [0, 0.05) is 11.5 Å². The largest absolute Gasteiger partial charge is 0.481 e. The molecule has 8 heteroatoms. The summed E-state index contributed by atoms with van der Waals surface area (Å²) in [5, 5.41) is 35.5. The second-order valence-electron chi connectivity index (χ2n) is 4.33. The summed E-state index contributed by atoms with van der Waals surface area (Å²) in [7, 11) is 0. The van der Waals surface area contributed by atoms with E-state index < -0.39 is 29.3 Å². The number of allylic oxidation sites excluding steroid dienone is 1. The van der Waals surface area contributed by atoms with E-state index in [0.717, 1.165) is 11.8 Å². The lowest BCUT2D eigenvalue weighted by Gasteiger charge is -2.18. The summed E-state index contributed by atoms with van der Waals surface area (Å²) in [6.07, 6.45) is 1.44. The third-order valence-electron chi connectivity index (χ3n) is 2.74. The first-order valence-corrected chi connectivity index (χ1v) is 6.96. The fourth-order valence-corrected chi connectivity index (χ4v) is 3.13. The number of carboxylic acid groups (broad SMARTS) is 2. The van der Waals surface area contributed by atoms with Gasteiger partial charge < -0.3 is 20.4 Å². The number of carbonyl (C=O) groups is 2. The highest BCUT2D eigenvalue weighted by Gasteiger charge is 2.39. The Morgan fingerprint density at radius 1 is 1.45 bits per heavy atom. The Bertz CT molecular complexity index is 445. The van der Waals surface area contributed by atoms with Crippen LogP contribution in [0, 0.1) is 5.92 Å². The number of thioether (sulfide) groups is 1. The molecule has 1 rings (SSSR count). The van der Waals surface area contributed by atoms with Gasteiger partial charge in [-0.1, -0.05) is 17.8 Å². The predicted octanol–water partition coefficient (Wildman–Crippen LogP) is 0.323. The topological polar surface area (TPSA) is 127 Å². The lowest BCUT2D eigenvalue weighted by molar-refractivity contribution is -0.145. The van der Waals surface area contributed by atoms with E-state index in [9.17, 15) is 14.7 Å². The van der Waals surface area contributed by atoms with E-state index in [4.69, 9.17) is 15.3 Å². The fourth-order valence-electron chi connectivity index (χ4n) is 1.75. The summed E-state index contributed by atoms with van der Waals surface area (Å²) in [5.74, 6) is -3.62. The van der Waals surface area contributed by atoms with Gasteiger partial charge in [-0.15, -0.1) is 0 Å². The molecule has 0 amide bonds. The SMILES string of the molecule is C[C@@H](O)[C@H](C(=O)O)[C@@H]1N=C(C(=O)O)/C(=C/CCCO)S1. The molecule has 0 saturated heterocycles. The summed E-state index contributed by atoms with van der Waals surface area (Å²) in [6.45, 7) is 1.33. The Balaban J connectivity index is 2.96. The van der Waals surface area contributed by atoms with E-state index in [0.29, 0.717) is 17.7 Å². The molecule has 0 fully saturated rings. The van der Waals surface area contributed by atoms with Crippen molar-refractivity contribution in [3.63, 3.8) is 0 Å². The van der Waals surface area contributed by atoms with E-state index in [-0.39, 0.29) is 12.3 Å². The molecule has 112 valence electrons. The van der Waals surface area contributed by atoms with Gasteiger partial charge in [-0.3, -0.25) is 9.79 Å². The van der Waals surface area contributed by atoms with Crippen molar-refractivity contribution in [2.75, 3.05) is 6.61 Å². The van der Waals surface area contributed by atoms with Gasteiger partial charge in [-0.05, 0) is 19.8 Å². The van der Waals surface area contributed by atoms with Crippen LogP contribution in [-0.2, 0) is 9.59 Å². The first kappa shape index (κ1) is 16.7. The molecule has 0 spiro atoms. The minimum Gasteiger partial charge on any atom is -0.481 e. The van der Waals surface area contributed by atoms with Gasteiger partial charge in [-0.25, -0.2) is 4.79 Å². The van der Waals surface area contributed by atoms with Crippen molar-refractivity contribution in [2.24, 2.45) is 10.9 Å². The van der Waals surface area contributed by atoms with Crippen molar-refractivity contribution in [3.8, 4) is 0 Å². The van der Waals surface area contributed by atoms with Gasteiger partial charge in [0.2, 0.25) is 0 Å². The number of hydrogen-bond donors (Lipinski definition) is 4. The van der Waals surface area contributed by atoms with Crippen molar-refractivity contribution in [3.05, 3.63) is 11.0 Å². The second kappa shape index (κ2) is 7.41. The summed E-state index contributed by atoms with van der Waals surface area (Å²) < 4.78 is 0. The monoisotopic (exact) mass is 303 g/mol. The number of aliphatic carboxylic acids is 2. The minimum atomic E-state index is -1.23. The first-order chi connectivity index (χ1) is 9.38. The van der Waals surface area contributed by atoms with Crippen LogP contribution < -0.4 is 0 Å². The Kier molecular flexibility index (Phi) is 6.18. The summed E-state index contributed by atoms with van der Waals surface area (Å²) in [4.78, 5) is 26.5. The fraction of sp³-hybridized carbons (Fsp3) is 0.583. The van der Waals surface area contributed by atoms with Crippen molar-refractivity contribution < 1.29 is 30.0 Å². The quantitative estimate of drug-likeness (QED) is 0.499.